The third-order valence-corrected chi connectivity index (χ3v) is 9.66. The summed E-state index contributed by atoms with van der Waals surface area (Å²) in [6.45, 7) is 2.06. The van der Waals surface area contributed by atoms with Crippen molar-refractivity contribution in [1.82, 2.24) is 0 Å². The minimum absolute atomic E-state index is 0.104. The Morgan fingerprint density at radius 3 is 1.53 bits per heavy atom. The highest BCUT2D eigenvalue weighted by atomic mass is 28.4. The molecule has 5 nitrogen and oxygen atoms in total. The van der Waals surface area contributed by atoms with Gasteiger partial charge in [0.1, 0.15) is 0 Å². The number of rotatable bonds is 8. The van der Waals surface area contributed by atoms with Gasteiger partial charge < -0.3 is 22.1 Å². The summed E-state index contributed by atoms with van der Waals surface area (Å²) in [5.41, 5.74) is 0. The van der Waals surface area contributed by atoms with Gasteiger partial charge in [-0.15, -0.1) is 0 Å². The molecule has 1 unspecified atom stereocenters. The van der Waals surface area contributed by atoms with Crippen LogP contribution < -0.4 is 0 Å². The van der Waals surface area contributed by atoms with Gasteiger partial charge in [-0.25, -0.2) is 0 Å². The topological polar surface area (TPSA) is 46.2 Å². The Balaban J connectivity index is 4.86. The van der Waals surface area contributed by atoms with Gasteiger partial charge in [0, 0.05) is 35.5 Å². The van der Waals surface area contributed by atoms with E-state index in [1.54, 1.807) is 35.5 Å². The van der Waals surface area contributed by atoms with Crippen molar-refractivity contribution >= 4 is 18.1 Å². The molecule has 0 aromatic carbocycles. The van der Waals surface area contributed by atoms with E-state index in [9.17, 15) is 0 Å². The zero-order valence-corrected chi connectivity index (χ0v) is 12.6. The van der Waals surface area contributed by atoms with Crippen molar-refractivity contribution in [2.75, 3.05) is 35.5 Å². The van der Waals surface area contributed by atoms with Crippen LogP contribution in [0.5, 0.6) is 0 Å². The van der Waals surface area contributed by atoms with E-state index in [1.807, 2.05) is 0 Å². The predicted molar refractivity (Wildman–Crippen MR) is 62.0 cm³/mol. The molecule has 92 valence electrons. The standard InChI is InChI=1S/C8H22O5Si2/c1-7-8(14(9-2)10-3)15(11-4,12-5)13-6/h8,14H,7H2,1-6H3. The van der Waals surface area contributed by atoms with Crippen LogP contribution in [0.25, 0.3) is 0 Å². The fraction of sp³-hybridized carbons (Fsp3) is 1.00. The third-order valence-electron chi connectivity index (χ3n) is 2.54. The van der Waals surface area contributed by atoms with E-state index in [0.717, 1.165) is 6.42 Å². The molecular formula is C8H22O5Si2. The van der Waals surface area contributed by atoms with Gasteiger partial charge in [0.05, 0.1) is 5.16 Å². The molecule has 0 saturated heterocycles. The van der Waals surface area contributed by atoms with Crippen molar-refractivity contribution in [1.29, 1.82) is 0 Å². The lowest BCUT2D eigenvalue weighted by molar-refractivity contribution is 0.112. The number of hydrogen-bond acceptors (Lipinski definition) is 5. The van der Waals surface area contributed by atoms with Crippen LogP contribution in [-0.4, -0.2) is 53.6 Å². The van der Waals surface area contributed by atoms with E-state index >= 15 is 0 Å². The van der Waals surface area contributed by atoms with Gasteiger partial charge in [0.25, 0.3) is 0 Å². The Labute approximate surface area is 94.8 Å². The second-order valence-electron chi connectivity index (χ2n) is 3.07. The second-order valence-corrected chi connectivity index (χ2v) is 9.39. The van der Waals surface area contributed by atoms with Crippen molar-refractivity contribution < 1.29 is 22.1 Å². The molecule has 1 atom stereocenters. The maximum absolute atomic E-state index is 5.44. The molecule has 0 heterocycles. The van der Waals surface area contributed by atoms with Gasteiger partial charge in [-0.05, 0) is 6.42 Å². The van der Waals surface area contributed by atoms with Crippen LogP contribution in [0.3, 0.4) is 0 Å². The first-order chi connectivity index (χ1) is 7.15. The summed E-state index contributed by atoms with van der Waals surface area (Å²) in [5.74, 6) is 0. The van der Waals surface area contributed by atoms with E-state index < -0.39 is 18.1 Å². The summed E-state index contributed by atoms with van der Waals surface area (Å²) in [6.07, 6.45) is 0.861. The molecule has 0 amide bonds. The minimum Gasteiger partial charge on any atom is -0.400 e. The normalized spacial score (nSPS) is 14.6. The van der Waals surface area contributed by atoms with Crippen LogP contribution in [0.4, 0.5) is 0 Å². The summed E-state index contributed by atoms with van der Waals surface area (Å²) >= 11 is 0. The van der Waals surface area contributed by atoms with Gasteiger partial charge in [-0.2, -0.15) is 0 Å². The Morgan fingerprint density at radius 2 is 1.33 bits per heavy atom. The molecule has 15 heavy (non-hydrogen) atoms. The van der Waals surface area contributed by atoms with Crippen LogP contribution in [0.2, 0.25) is 5.16 Å². The van der Waals surface area contributed by atoms with Crippen LogP contribution >= 0.6 is 0 Å². The lowest BCUT2D eigenvalue weighted by Gasteiger charge is -2.34. The highest BCUT2D eigenvalue weighted by Gasteiger charge is 2.52. The molecule has 0 aliphatic heterocycles. The molecule has 0 bridgehead atoms. The van der Waals surface area contributed by atoms with Gasteiger partial charge in [0.2, 0.25) is 0 Å². The summed E-state index contributed by atoms with van der Waals surface area (Å²) < 4.78 is 27.1. The maximum Gasteiger partial charge on any atom is 0.505 e. The van der Waals surface area contributed by atoms with Crippen LogP contribution in [0, 0.1) is 0 Å². The molecule has 0 fully saturated rings. The molecule has 0 rings (SSSR count). The largest absolute Gasteiger partial charge is 0.505 e. The van der Waals surface area contributed by atoms with Gasteiger partial charge in [-0.3, -0.25) is 0 Å². The van der Waals surface area contributed by atoms with E-state index in [-0.39, 0.29) is 5.16 Å². The summed E-state index contributed by atoms with van der Waals surface area (Å²) in [7, 11) is 3.70. The lowest BCUT2D eigenvalue weighted by Crippen LogP contribution is -2.53. The van der Waals surface area contributed by atoms with Gasteiger partial charge in [-0.1, -0.05) is 6.92 Å². The van der Waals surface area contributed by atoms with Crippen LogP contribution in [-0.2, 0) is 22.1 Å². The monoisotopic (exact) mass is 254 g/mol. The zero-order chi connectivity index (χ0) is 11.9. The van der Waals surface area contributed by atoms with Crippen molar-refractivity contribution in [3.8, 4) is 0 Å². The molecule has 7 heteroatoms. The quantitative estimate of drug-likeness (QED) is 0.597. The lowest BCUT2D eigenvalue weighted by atomic mass is 10.6. The summed E-state index contributed by atoms with van der Waals surface area (Å²) in [4.78, 5) is 0. The van der Waals surface area contributed by atoms with Crippen molar-refractivity contribution in [3.63, 3.8) is 0 Å². The van der Waals surface area contributed by atoms with E-state index in [1.165, 1.54) is 0 Å². The predicted octanol–water partition coefficient (Wildman–Crippen LogP) is 0.697. The van der Waals surface area contributed by atoms with E-state index in [0.29, 0.717) is 0 Å². The Morgan fingerprint density at radius 1 is 0.933 bits per heavy atom. The Bertz CT molecular complexity index is 153. The first-order valence-electron chi connectivity index (χ1n) is 4.86. The molecule has 0 aliphatic rings. The molecule has 0 aliphatic carbocycles. The molecule has 0 saturated carbocycles. The Kier molecular flexibility index (Phi) is 7.61. The molecule has 0 spiro atoms. The van der Waals surface area contributed by atoms with Crippen LogP contribution in [0.1, 0.15) is 13.3 Å². The molecule has 0 N–H and O–H groups in total. The van der Waals surface area contributed by atoms with Crippen molar-refractivity contribution in [3.05, 3.63) is 0 Å². The van der Waals surface area contributed by atoms with Crippen molar-refractivity contribution in [2.45, 2.75) is 18.5 Å². The molecule has 0 aromatic rings. The second kappa shape index (κ2) is 7.50. The fourth-order valence-corrected chi connectivity index (χ4v) is 8.26. The highest BCUT2D eigenvalue weighted by molar-refractivity contribution is 6.76. The highest BCUT2D eigenvalue weighted by Crippen LogP contribution is 2.30. The summed E-state index contributed by atoms with van der Waals surface area (Å²) in [5, 5.41) is 0.104. The van der Waals surface area contributed by atoms with E-state index in [4.69, 9.17) is 22.1 Å². The zero-order valence-electron chi connectivity index (χ0n) is 10.4. The summed E-state index contributed by atoms with van der Waals surface area (Å²) in [6, 6.07) is 0. The third kappa shape index (κ3) is 3.35. The molecular weight excluding hydrogens is 232 g/mol. The molecule has 0 aromatic heterocycles. The van der Waals surface area contributed by atoms with Gasteiger partial charge in [0.15, 0.2) is 0 Å². The fourth-order valence-electron chi connectivity index (χ4n) is 1.74. The SMILES string of the molecule is CCC([SiH](OC)OC)[Si](OC)(OC)OC. The number of hydrogen-bond donors (Lipinski definition) is 0. The first kappa shape index (κ1) is 15.2. The average Bonchev–Trinajstić information content (AvgIpc) is 2.30. The van der Waals surface area contributed by atoms with Gasteiger partial charge >= 0.3 is 18.1 Å². The molecule has 0 radical (unpaired) electrons. The maximum atomic E-state index is 5.44. The first-order valence-corrected chi connectivity index (χ1v) is 8.27. The van der Waals surface area contributed by atoms with Crippen molar-refractivity contribution in [2.24, 2.45) is 0 Å². The smallest absolute Gasteiger partial charge is 0.400 e. The van der Waals surface area contributed by atoms with Crippen LogP contribution in [0.15, 0.2) is 0 Å². The van der Waals surface area contributed by atoms with E-state index in [2.05, 4.69) is 6.92 Å². The average molecular weight is 254 g/mol. The minimum atomic E-state index is -2.64. The Hall–Kier alpha value is 0.234.